The Bertz CT molecular complexity index is 1370. The SMILES string of the molecule is CCn1c(=O)c(C#N)c(N2CCC(Oc3ccc(Cl)cc3)CC2)c2ccc(N3CCCC3=O)cc21. The number of rotatable bonds is 5. The van der Waals surface area contributed by atoms with Gasteiger partial charge in [0.15, 0.2) is 0 Å². The maximum absolute atomic E-state index is 13.3. The predicted molar refractivity (Wildman–Crippen MR) is 137 cm³/mol. The molecule has 7 nitrogen and oxygen atoms in total. The van der Waals surface area contributed by atoms with E-state index in [-0.39, 0.29) is 23.1 Å². The maximum Gasteiger partial charge on any atom is 0.271 e. The van der Waals surface area contributed by atoms with E-state index in [2.05, 4.69) is 11.0 Å². The second-order valence-electron chi connectivity index (χ2n) is 8.99. The molecule has 2 aromatic carbocycles. The summed E-state index contributed by atoms with van der Waals surface area (Å²) in [6.45, 7) is 4.37. The number of ether oxygens (including phenoxy) is 1. The zero-order chi connectivity index (χ0) is 24.5. The smallest absolute Gasteiger partial charge is 0.271 e. The minimum Gasteiger partial charge on any atom is -0.490 e. The van der Waals surface area contributed by atoms with Gasteiger partial charge in [0.1, 0.15) is 23.5 Å². The molecule has 0 aliphatic carbocycles. The van der Waals surface area contributed by atoms with Gasteiger partial charge in [0.05, 0.1) is 11.2 Å². The largest absolute Gasteiger partial charge is 0.490 e. The number of piperidine rings is 1. The highest BCUT2D eigenvalue weighted by molar-refractivity contribution is 6.30. The van der Waals surface area contributed by atoms with E-state index in [0.717, 1.165) is 41.6 Å². The zero-order valence-corrected chi connectivity index (χ0v) is 20.4. The van der Waals surface area contributed by atoms with Crippen molar-refractivity contribution in [2.75, 3.05) is 29.4 Å². The van der Waals surface area contributed by atoms with Crippen molar-refractivity contribution in [2.24, 2.45) is 0 Å². The molecule has 8 heteroatoms. The summed E-state index contributed by atoms with van der Waals surface area (Å²) in [5, 5.41) is 11.5. The van der Waals surface area contributed by atoms with Crippen molar-refractivity contribution in [3.05, 3.63) is 63.4 Å². The number of amides is 1. The summed E-state index contributed by atoms with van der Waals surface area (Å²) in [4.78, 5) is 29.6. The molecule has 180 valence electrons. The predicted octanol–water partition coefficient (Wildman–Crippen LogP) is 4.72. The number of aromatic nitrogens is 1. The van der Waals surface area contributed by atoms with Gasteiger partial charge < -0.3 is 19.1 Å². The molecule has 0 saturated carbocycles. The number of aryl methyl sites for hydroxylation is 1. The van der Waals surface area contributed by atoms with Crippen molar-refractivity contribution in [3.8, 4) is 11.8 Å². The second-order valence-corrected chi connectivity index (χ2v) is 9.43. The number of carbonyl (C=O) groups is 1. The van der Waals surface area contributed by atoms with Gasteiger partial charge in [-0.2, -0.15) is 5.26 Å². The molecule has 3 heterocycles. The average Bonchev–Trinajstić information content (AvgIpc) is 3.31. The van der Waals surface area contributed by atoms with Gasteiger partial charge in [-0.05, 0) is 55.8 Å². The van der Waals surface area contributed by atoms with Gasteiger partial charge in [-0.1, -0.05) is 11.6 Å². The monoisotopic (exact) mass is 490 g/mol. The van der Waals surface area contributed by atoms with Crippen LogP contribution in [0.25, 0.3) is 10.9 Å². The Morgan fingerprint density at radius 1 is 1.09 bits per heavy atom. The summed E-state index contributed by atoms with van der Waals surface area (Å²) in [5.74, 6) is 0.886. The second kappa shape index (κ2) is 9.63. The van der Waals surface area contributed by atoms with Crippen LogP contribution in [0.5, 0.6) is 5.75 Å². The molecular formula is C27H27ClN4O3. The van der Waals surface area contributed by atoms with E-state index in [0.29, 0.717) is 43.3 Å². The van der Waals surface area contributed by atoms with Crippen LogP contribution >= 0.6 is 11.6 Å². The number of benzene rings is 2. The highest BCUT2D eigenvalue weighted by Crippen LogP contribution is 2.34. The van der Waals surface area contributed by atoms with Gasteiger partial charge in [-0.3, -0.25) is 9.59 Å². The van der Waals surface area contributed by atoms with Crippen LogP contribution in [0.2, 0.25) is 5.02 Å². The third kappa shape index (κ3) is 4.35. The van der Waals surface area contributed by atoms with Crippen molar-refractivity contribution in [2.45, 2.75) is 45.3 Å². The zero-order valence-electron chi connectivity index (χ0n) is 19.7. The first kappa shape index (κ1) is 23.3. The van der Waals surface area contributed by atoms with Gasteiger partial charge in [0.2, 0.25) is 5.91 Å². The molecule has 0 radical (unpaired) electrons. The molecule has 0 N–H and O–H groups in total. The number of nitrogens with zero attached hydrogens (tertiary/aromatic N) is 4. The Morgan fingerprint density at radius 3 is 2.46 bits per heavy atom. The Hall–Kier alpha value is -3.50. The van der Waals surface area contributed by atoms with Crippen molar-refractivity contribution >= 4 is 39.8 Å². The van der Waals surface area contributed by atoms with Crippen LogP contribution in [0.3, 0.4) is 0 Å². The Balaban J connectivity index is 1.48. The topological polar surface area (TPSA) is 78.6 Å². The summed E-state index contributed by atoms with van der Waals surface area (Å²) >= 11 is 5.97. The fraction of sp³-hybridized carbons (Fsp3) is 0.370. The van der Waals surface area contributed by atoms with Gasteiger partial charge in [0, 0.05) is 61.5 Å². The molecule has 2 fully saturated rings. The highest BCUT2D eigenvalue weighted by Gasteiger charge is 2.28. The molecule has 2 aliphatic rings. The molecule has 3 aromatic rings. The van der Waals surface area contributed by atoms with Gasteiger partial charge in [-0.15, -0.1) is 0 Å². The summed E-state index contributed by atoms with van der Waals surface area (Å²) in [6.07, 6.45) is 2.97. The molecule has 1 aromatic heterocycles. The fourth-order valence-corrected chi connectivity index (χ4v) is 5.28. The van der Waals surface area contributed by atoms with Crippen molar-refractivity contribution in [3.63, 3.8) is 0 Å². The fourth-order valence-electron chi connectivity index (χ4n) is 5.16. The van der Waals surface area contributed by atoms with Crippen molar-refractivity contribution in [1.29, 1.82) is 5.26 Å². The number of hydrogen-bond donors (Lipinski definition) is 0. The van der Waals surface area contributed by atoms with E-state index in [4.69, 9.17) is 16.3 Å². The maximum atomic E-state index is 13.3. The van der Waals surface area contributed by atoms with E-state index >= 15 is 0 Å². The van der Waals surface area contributed by atoms with Gasteiger partial charge >= 0.3 is 0 Å². The highest BCUT2D eigenvalue weighted by atomic mass is 35.5. The van der Waals surface area contributed by atoms with E-state index in [1.165, 1.54) is 0 Å². The molecular weight excluding hydrogens is 464 g/mol. The third-order valence-electron chi connectivity index (χ3n) is 6.91. The first-order chi connectivity index (χ1) is 17.0. The van der Waals surface area contributed by atoms with E-state index in [1.54, 1.807) is 9.47 Å². The number of nitriles is 1. The molecule has 1 amide bonds. The van der Waals surface area contributed by atoms with Crippen LogP contribution in [0.4, 0.5) is 11.4 Å². The minimum atomic E-state index is -0.290. The standard InChI is InChI=1S/C27H27ClN4O3/c1-2-31-24-16-19(32-13-3-4-25(32)33)7-10-22(24)26(23(17-29)27(31)34)30-14-11-21(12-15-30)35-20-8-5-18(28)6-9-20/h5-10,16,21H,2-4,11-15H2,1H3. The minimum absolute atomic E-state index is 0.0491. The molecule has 2 saturated heterocycles. The average molecular weight is 491 g/mol. The number of hydrogen-bond acceptors (Lipinski definition) is 5. The van der Waals surface area contributed by atoms with Crippen LogP contribution in [-0.2, 0) is 11.3 Å². The summed E-state index contributed by atoms with van der Waals surface area (Å²) < 4.78 is 7.76. The molecule has 0 unspecified atom stereocenters. The molecule has 2 aliphatic heterocycles. The lowest BCUT2D eigenvalue weighted by molar-refractivity contribution is -0.117. The third-order valence-corrected chi connectivity index (χ3v) is 7.16. The normalized spacial score (nSPS) is 16.7. The Morgan fingerprint density at radius 2 is 1.83 bits per heavy atom. The van der Waals surface area contributed by atoms with Gasteiger partial charge in [-0.25, -0.2) is 0 Å². The lowest BCUT2D eigenvalue weighted by Crippen LogP contribution is -2.40. The van der Waals surface area contributed by atoms with Crippen molar-refractivity contribution < 1.29 is 9.53 Å². The molecule has 5 rings (SSSR count). The summed E-state index contributed by atoms with van der Waals surface area (Å²) in [5.41, 5.74) is 2.11. The van der Waals surface area contributed by atoms with E-state index in [9.17, 15) is 14.9 Å². The van der Waals surface area contributed by atoms with Crippen LogP contribution in [0, 0.1) is 11.3 Å². The van der Waals surface area contributed by atoms with E-state index in [1.807, 2.05) is 49.4 Å². The molecule has 0 atom stereocenters. The summed E-state index contributed by atoms with van der Waals surface area (Å²) in [6, 6.07) is 15.3. The number of anilines is 2. The number of carbonyl (C=O) groups excluding carboxylic acids is 1. The van der Waals surface area contributed by atoms with Gasteiger partial charge in [0.25, 0.3) is 5.56 Å². The van der Waals surface area contributed by atoms with Crippen LogP contribution < -0.4 is 20.1 Å². The molecule has 0 spiro atoms. The first-order valence-corrected chi connectivity index (χ1v) is 12.5. The number of halogens is 1. The number of pyridine rings is 1. The first-order valence-electron chi connectivity index (χ1n) is 12.1. The van der Waals surface area contributed by atoms with Crippen LogP contribution in [0.1, 0.15) is 38.2 Å². The number of fused-ring (bicyclic) bond motifs is 1. The van der Waals surface area contributed by atoms with Crippen molar-refractivity contribution in [1.82, 2.24) is 4.57 Å². The quantitative estimate of drug-likeness (QED) is 0.517. The van der Waals surface area contributed by atoms with Crippen LogP contribution in [0.15, 0.2) is 47.3 Å². The van der Waals surface area contributed by atoms with E-state index < -0.39 is 0 Å². The van der Waals surface area contributed by atoms with Crippen LogP contribution in [-0.4, -0.2) is 36.2 Å². The Kier molecular flexibility index (Phi) is 6.40. The lowest BCUT2D eigenvalue weighted by atomic mass is 10.0. The molecule has 35 heavy (non-hydrogen) atoms. The molecule has 0 bridgehead atoms. The Labute approximate surface area is 209 Å². The lowest BCUT2D eigenvalue weighted by Gasteiger charge is -2.35. The summed E-state index contributed by atoms with van der Waals surface area (Å²) in [7, 11) is 0.